The molecule has 1 aliphatic rings. The quantitative estimate of drug-likeness (QED) is 0.599. The third kappa shape index (κ3) is 2.37. The molecule has 0 saturated carbocycles. The molecule has 1 saturated heterocycles. The lowest BCUT2D eigenvalue weighted by Crippen LogP contribution is -1.89. The Morgan fingerprint density at radius 3 is 1.95 bits per heavy atom. The van der Waals surface area contributed by atoms with E-state index >= 15 is 0 Å². The van der Waals surface area contributed by atoms with Gasteiger partial charge in [0.15, 0.2) is 0 Å². The first kappa shape index (κ1) is 12.4. The summed E-state index contributed by atoms with van der Waals surface area (Å²) in [4.78, 5) is 0. The summed E-state index contributed by atoms with van der Waals surface area (Å²) in [6.45, 7) is 0. The summed E-state index contributed by atoms with van der Waals surface area (Å²) in [5.41, 5.74) is 5.04. The number of benzene rings is 3. The van der Waals surface area contributed by atoms with Crippen molar-refractivity contribution in [3.8, 4) is 11.1 Å². The second-order valence-corrected chi connectivity index (χ2v) is 5.34. The molecule has 1 nitrogen and oxygen atoms in total. The van der Waals surface area contributed by atoms with Crippen LogP contribution in [0.4, 0.5) is 0 Å². The van der Waals surface area contributed by atoms with Gasteiger partial charge in [0.25, 0.3) is 0 Å². The van der Waals surface area contributed by atoms with Crippen LogP contribution in [0.5, 0.6) is 0 Å². The monoisotopic (exact) mass is 272 g/mol. The van der Waals surface area contributed by atoms with Crippen molar-refractivity contribution in [3.63, 3.8) is 0 Å². The molecule has 1 aliphatic heterocycles. The summed E-state index contributed by atoms with van der Waals surface area (Å²) in [7, 11) is 0. The van der Waals surface area contributed by atoms with Crippen LogP contribution in [-0.2, 0) is 4.74 Å². The standard InChI is InChI=1S/C20H16O/c1-3-9-15(10-4-1)17-13-7-8-14-18(17)20-19(21-20)16-11-5-2-6-12-16/h1-14,19-20H. The smallest absolute Gasteiger partial charge is 0.114 e. The van der Waals surface area contributed by atoms with Crippen molar-refractivity contribution in [2.75, 3.05) is 0 Å². The zero-order chi connectivity index (χ0) is 14.1. The average Bonchev–Trinajstić information content (AvgIpc) is 3.37. The van der Waals surface area contributed by atoms with Crippen molar-refractivity contribution < 1.29 is 4.74 Å². The van der Waals surface area contributed by atoms with Gasteiger partial charge in [0.2, 0.25) is 0 Å². The maximum absolute atomic E-state index is 5.95. The van der Waals surface area contributed by atoms with E-state index in [0.29, 0.717) is 0 Å². The van der Waals surface area contributed by atoms with Crippen molar-refractivity contribution in [1.82, 2.24) is 0 Å². The molecule has 0 N–H and O–H groups in total. The van der Waals surface area contributed by atoms with Gasteiger partial charge in [0.05, 0.1) is 0 Å². The molecule has 0 aliphatic carbocycles. The molecular formula is C20H16O. The van der Waals surface area contributed by atoms with E-state index in [4.69, 9.17) is 4.74 Å². The highest BCUT2D eigenvalue weighted by Crippen LogP contribution is 2.52. The van der Waals surface area contributed by atoms with E-state index in [-0.39, 0.29) is 12.2 Å². The second kappa shape index (κ2) is 5.19. The molecule has 2 atom stereocenters. The number of epoxide rings is 1. The van der Waals surface area contributed by atoms with Gasteiger partial charge in [-0.1, -0.05) is 84.9 Å². The van der Waals surface area contributed by atoms with Crippen LogP contribution < -0.4 is 0 Å². The van der Waals surface area contributed by atoms with Gasteiger partial charge in [0, 0.05) is 0 Å². The van der Waals surface area contributed by atoms with Crippen LogP contribution in [0.2, 0.25) is 0 Å². The van der Waals surface area contributed by atoms with Gasteiger partial charge in [0.1, 0.15) is 12.2 Å². The first-order valence-corrected chi connectivity index (χ1v) is 7.28. The predicted octanol–water partition coefficient (Wildman–Crippen LogP) is 5.17. The largest absolute Gasteiger partial charge is 0.359 e. The maximum Gasteiger partial charge on any atom is 0.114 e. The normalized spacial score (nSPS) is 20.2. The highest BCUT2D eigenvalue weighted by molar-refractivity contribution is 5.68. The molecule has 0 radical (unpaired) electrons. The van der Waals surface area contributed by atoms with Gasteiger partial charge in [-0.05, 0) is 22.3 Å². The number of hydrogen-bond acceptors (Lipinski definition) is 1. The predicted molar refractivity (Wildman–Crippen MR) is 84.9 cm³/mol. The highest BCUT2D eigenvalue weighted by Gasteiger charge is 2.42. The van der Waals surface area contributed by atoms with E-state index in [0.717, 1.165) is 0 Å². The zero-order valence-corrected chi connectivity index (χ0v) is 11.6. The SMILES string of the molecule is c1ccc(-c2ccccc2C2OC2c2ccccc2)cc1. The van der Waals surface area contributed by atoms with Gasteiger partial charge in [-0.15, -0.1) is 0 Å². The lowest BCUT2D eigenvalue weighted by atomic mass is 9.95. The van der Waals surface area contributed by atoms with Crippen molar-refractivity contribution in [2.45, 2.75) is 12.2 Å². The first-order chi connectivity index (χ1) is 10.4. The van der Waals surface area contributed by atoms with Crippen LogP contribution in [0.15, 0.2) is 84.9 Å². The van der Waals surface area contributed by atoms with Crippen LogP contribution in [0.3, 0.4) is 0 Å². The third-order valence-corrected chi connectivity index (χ3v) is 3.97. The van der Waals surface area contributed by atoms with Gasteiger partial charge >= 0.3 is 0 Å². The molecule has 102 valence electrons. The minimum absolute atomic E-state index is 0.170. The van der Waals surface area contributed by atoms with Crippen LogP contribution in [-0.4, -0.2) is 0 Å². The van der Waals surface area contributed by atoms with Gasteiger partial charge < -0.3 is 4.74 Å². The molecule has 2 unspecified atom stereocenters. The van der Waals surface area contributed by atoms with E-state index < -0.39 is 0 Å². The van der Waals surface area contributed by atoms with E-state index in [9.17, 15) is 0 Å². The summed E-state index contributed by atoms with van der Waals surface area (Å²) < 4.78 is 5.95. The summed E-state index contributed by atoms with van der Waals surface area (Å²) >= 11 is 0. The minimum Gasteiger partial charge on any atom is -0.359 e. The molecule has 0 aromatic heterocycles. The van der Waals surface area contributed by atoms with Crippen molar-refractivity contribution in [1.29, 1.82) is 0 Å². The Kier molecular flexibility index (Phi) is 3.06. The molecule has 1 heteroatoms. The van der Waals surface area contributed by atoms with Crippen molar-refractivity contribution in [3.05, 3.63) is 96.1 Å². The van der Waals surface area contributed by atoms with E-state index in [1.54, 1.807) is 0 Å². The maximum atomic E-state index is 5.95. The van der Waals surface area contributed by atoms with Crippen molar-refractivity contribution >= 4 is 0 Å². The molecular weight excluding hydrogens is 256 g/mol. The molecule has 0 spiro atoms. The molecule has 0 bridgehead atoms. The Morgan fingerprint density at radius 1 is 0.571 bits per heavy atom. The van der Waals surface area contributed by atoms with Crippen LogP contribution in [0, 0.1) is 0 Å². The number of ether oxygens (including phenoxy) is 1. The van der Waals surface area contributed by atoms with Gasteiger partial charge in [-0.2, -0.15) is 0 Å². The first-order valence-electron chi connectivity index (χ1n) is 7.28. The van der Waals surface area contributed by atoms with Crippen LogP contribution >= 0.6 is 0 Å². The summed E-state index contributed by atoms with van der Waals surface area (Å²) in [6.07, 6.45) is 0.361. The van der Waals surface area contributed by atoms with E-state index in [1.165, 1.54) is 22.3 Å². The Morgan fingerprint density at radius 2 is 1.19 bits per heavy atom. The van der Waals surface area contributed by atoms with E-state index in [1.807, 2.05) is 12.1 Å². The topological polar surface area (TPSA) is 12.5 Å². The molecule has 3 aromatic carbocycles. The third-order valence-electron chi connectivity index (χ3n) is 3.97. The summed E-state index contributed by atoms with van der Waals surface area (Å²) in [5.74, 6) is 0. The van der Waals surface area contributed by atoms with Crippen LogP contribution in [0.1, 0.15) is 23.3 Å². The lowest BCUT2D eigenvalue weighted by molar-refractivity contribution is 0.378. The van der Waals surface area contributed by atoms with Gasteiger partial charge in [-0.25, -0.2) is 0 Å². The fourth-order valence-electron chi connectivity index (χ4n) is 2.87. The summed E-state index contributed by atoms with van der Waals surface area (Å²) in [6, 6.07) is 29.5. The zero-order valence-electron chi connectivity index (χ0n) is 11.6. The van der Waals surface area contributed by atoms with Crippen molar-refractivity contribution in [2.24, 2.45) is 0 Å². The number of hydrogen-bond donors (Lipinski definition) is 0. The summed E-state index contributed by atoms with van der Waals surface area (Å²) in [5, 5.41) is 0. The Hall–Kier alpha value is -2.38. The molecule has 21 heavy (non-hydrogen) atoms. The molecule has 3 aromatic rings. The second-order valence-electron chi connectivity index (χ2n) is 5.34. The molecule has 1 fully saturated rings. The van der Waals surface area contributed by atoms with Gasteiger partial charge in [-0.3, -0.25) is 0 Å². The highest BCUT2D eigenvalue weighted by atomic mass is 16.6. The Bertz CT molecular complexity index is 734. The molecule has 4 rings (SSSR count). The molecule has 1 heterocycles. The minimum atomic E-state index is 0.170. The van der Waals surface area contributed by atoms with Crippen LogP contribution in [0.25, 0.3) is 11.1 Å². The number of rotatable bonds is 3. The Labute approximate surface area is 124 Å². The fourth-order valence-corrected chi connectivity index (χ4v) is 2.87. The Balaban J connectivity index is 1.69. The fraction of sp³-hybridized carbons (Fsp3) is 0.100. The lowest BCUT2D eigenvalue weighted by Gasteiger charge is -2.07. The van der Waals surface area contributed by atoms with E-state index in [2.05, 4.69) is 72.8 Å². The molecule has 0 amide bonds. The average molecular weight is 272 g/mol.